The number of nitrogens with zero attached hydrogens (tertiary/aromatic N) is 2. The number of aliphatic hydroxyl groups excluding tert-OH is 1. The van der Waals surface area contributed by atoms with Crippen LogP contribution >= 0.6 is 11.6 Å². The van der Waals surface area contributed by atoms with Crippen LogP contribution in [-0.4, -0.2) is 34.0 Å². The molecule has 28 heavy (non-hydrogen) atoms. The largest absolute Gasteiger partial charge is 0.396 e. The number of carbonyl (C=O) groups excluding carboxylic acids is 1. The normalized spacial score (nSPS) is 11.8. The second kappa shape index (κ2) is 9.49. The predicted molar refractivity (Wildman–Crippen MR) is 112 cm³/mol. The molecule has 0 saturated heterocycles. The molecule has 0 aliphatic rings. The first-order valence-corrected chi connectivity index (χ1v) is 9.62. The zero-order valence-corrected chi connectivity index (χ0v) is 16.5. The fourth-order valence-corrected chi connectivity index (χ4v) is 3.35. The minimum atomic E-state index is -0.193. The predicted octanol–water partition coefficient (Wildman–Crippen LogP) is 4.67. The van der Waals surface area contributed by atoms with Gasteiger partial charge in [0.2, 0.25) is 0 Å². The summed E-state index contributed by atoms with van der Waals surface area (Å²) in [6.45, 7) is 2.77. The van der Waals surface area contributed by atoms with Crippen molar-refractivity contribution in [3.05, 3.63) is 89.2 Å². The summed E-state index contributed by atoms with van der Waals surface area (Å²) in [6.07, 6.45) is 1.61. The Labute approximate surface area is 170 Å². The van der Waals surface area contributed by atoms with Crippen molar-refractivity contribution in [2.24, 2.45) is 5.92 Å². The van der Waals surface area contributed by atoms with Crippen molar-refractivity contribution in [3.63, 3.8) is 0 Å². The minimum absolute atomic E-state index is 0.00485. The van der Waals surface area contributed by atoms with Gasteiger partial charge in [0.15, 0.2) is 0 Å². The average molecular weight is 395 g/mol. The summed E-state index contributed by atoms with van der Waals surface area (Å²) in [4.78, 5) is 19.4. The number of rotatable bonds is 7. The van der Waals surface area contributed by atoms with Gasteiger partial charge in [0.05, 0.1) is 5.56 Å². The van der Waals surface area contributed by atoms with Gasteiger partial charge in [0.25, 0.3) is 5.91 Å². The molecule has 3 aromatic rings. The number of aromatic nitrogens is 1. The molecule has 1 amide bonds. The van der Waals surface area contributed by atoms with Crippen molar-refractivity contribution in [3.8, 4) is 11.1 Å². The summed E-state index contributed by atoms with van der Waals surface area (Å²) in [5.74, 6) is -0.246. The Morgan fingerprint density at radius 1 is 1.07 bits per heavy atom. The third kappa shape index (κ3) is 4.77. The maximum absolute atomic E-state index is 13.5. The van der Waals surface area contributed by atoms with E-state index in [1.807, 2.05) is 73.7 Å². The summed E-state index contributed by atoms with van der Waals surface area (Å²) in [5, 5.41) is 9.69. The lowest BCUT2D eigenvalue weighted by Crippen LogP contribution is -2.35. The van der Waals surface area contributed by atoms with Crippen molar-refractivity contribution >= 4 is 17.5 Å². The first-order valence-electron chi connectivity index (χ1n) is 9.24. The van der Waals surface area contributed by atoms with Crippen LogP contribution in [0, 0.1) is 5.92 Å². The molecule has 0 saturated carbocycles. The van der Waals surface area contributed by atoms with E-state index in [1.54, 1.807) is 11.1 Å². The highest BCUT2D eigenvalue weighted by Gasteiger charge is 2.24. The maximum Gasteiger partial charge on any atom is 0.257 e. The molecule has 3 rings (SSSR count). The quantitative estimate of drug-likeness (QED) is 0.592. The number of halogens is 1. The molecule has 144 valence electrons. The Balaban J connectivity index is 2.01. The molecule has 0 unspecified atom stereocenters. The zero-order valence-electron chi connectivity index (χ0n) is 15.8. The van der Waals surface area contributed by atoms with Gasteiger partial charge in [-0.3, -0.25) is 4.79 Å². The molecule has 0 bridgehead atoms. The van der Waals surface area contributed by atoms with E-state index in [0.29, 0.717) is 18.7 Å². The molecule has 2 aromatic carbocycles. The first-order chi connectivity index (χ1) is 13.6. The van der Waals surface area contributed by atoms with Crippen molar-refractivity contribution in [2.45, 2.75) is 13.5 Å². The van der Waals surface area contributed by atoms with Gasteiger partial charge in [-0.1, -0.05) is 79.2 Å². The summed E-state index contributed by atoms with van der Waals surface area (Å²) in [5.41, 5.74) is 3.06. The third-order valence-corrected chi connectivity index (χ3v) is 4.84. The summed E-state index contributed by atoms with van der Waals surface area (Å²) in [6, 6.07) is 21.3. The van der Waals surface area contributed by atoms with E-state index in [9.17, 15) is 9.90 Å². The van der Waals surface area contributed by atoms with Crippen LogP contribution in [0.3, 0.4) is 0 Å². The lowest BCUT2D eigenvalue weighted by Gasteiger charge is -2.26. The Bertz CT molecular complexity index is 916. The Hall–Kier alpha value is -2.69. The van der Waals surface area contributed by atoms with Crippen LogP contribution in [0.25, 0.3) is 11.1 Å². The second-order valence-corrected chi connectivity index (χ2v) is 7.21. The van der Waals surface area contributed by atoms with Crippen LogP contribution < -0.4 is 0 Å². The maximum atomic E-state index is 13.5. The molecule has 4 nitrogen and oxygen atoms in total. The smallest absolute Gasteiger partial charge is 0.257 e. The fourth-order valence-electron chi connectivity index (χ4n) is 3.11. The van der Waals surface area contributed by atoms with Crippen LogP contribution in [0.4, 0.5) is 0 Å². The SMILES string of the molecule is C[C@H](CO)CN(Cc1ccccc1)C(=O)c1c(-c2ccccc2)ccnc1Cl. The number of amides is 1. The van der Waals surface area contributed by atoms with Gasteiger partial charge in [-0.15, -0.1) is 0 Å². The lowest BCUT2D eigenvalue weighted by molar-refractivity contribution is 0.0695. The Morgan fingerprint density at radius 2 is 1.71 bits per heavy atom. The highest BCUT2D eigenvalue weighted by atomic mass is 35.5. The average Bonchev–Trinajstić information content (AvgIpc) is 2.74. The van der Waals surface area contributed by atoms with Crippen molar-refractivity contribution < 1.29 is 9.90 Å². The summed E-state index contributed by atoms with van der Waals surface area (Å²) < 4.78 is 0. The summed E-state index contributed by atoms with van der Waals surface area (Å²) >= 11 is 6.38. The van der Waals surface area contributed by atoms with Crippen molar-refractivity contribution in [1.29, 1.82) is 0 Å². The van der Waals surface area contributed by atoms with Gasteiger partial charge in [-0.2, -0.15) is 0 Å². The van der Waals surface area contributed by atoms with Crippen LogP contribution in [0.15, 0.2) is 72.9 Å². The topological polar surface area (TPSA) is 53.4 Å². The molecular weight excluding hydrogens is 372 g/mol. The molecule has 0 fully saturated rings. The molecular formula is C23H23ClN2O2. The molecule has 1 heterocycles. The van der Waals surface area contributed by atoms with Gasteiger partial charge in [0.1, 0.15) is 5.15 Å². The third-order valence-electron chi connectivity index (χ3n) is 4.55. The number of hydrogen-bond acceptors (Lipinski definition) is 3. The number of pyridine rings is 1. The van der Waals surface area contributed by atoms with Gasteiger partial charge < -0.3 is 10.0 Å². The van der Waals surface area contributed by atoms with Crippen molar-refractivity contribution in [1.82, 2.24) is 9.88 Å². The van der Waals surface area contributed by atoms with E-state index in [-0.39, 0.29) is 23.6 Å². The van der Waals surface area contributed by atoms with Crippen LogP contribution in [0.1, 0.15) is 22.8 Å². The first kappa shape index (κ1) is 20.1. The van der Waals surface area contributed by atoms with E-state index >= 15 is 0 Å². The van der Waals surface area contributed by atoms with E-state index in [2.05, 4.69) is 4.98 Å². The Kier molecular flexibility index (Phi) is 6.80. The number of hydrogen-bond donors (Lipinski definition) is 1. The highest BCUT2D eigenvalue weighted by molar-refractivity contribution is 6.33. The lowest BCUT2D eigenvalue weighted by atomic mass is 10.00. The molecule has 5 heteroatoms. The molecule has 1 N–H and O–H groups in total. The molecule has 0 aliphatic heterocycles. The minimum Gasteiger partial charge on any atom is -0.396 e. The standard InChI is InChI=1S/C23H23ClN2O2/c1-17(16-27)14-26(15-18-8-4-2-5-9-18)23(28)21-20(12-13-25-22(21)24)19-10-6-3-7-11-19/h2-13,17,27H,14-16H2,1H3/t17-/m0/s1. The van der Waals surface area contributed by atoms with Crippen LogP contribution in [0.2, 0.25) is 5.15 Å². The second-order valence-electron chi connectivity index (χ2n) is 6.85. The van der Waals surface area contributed by atoms with E-state index in [1.165, 1.54) is 0 Å². The zero-order chi connectivity index (χ0) is 19.9. The summed E-state index contributed by atoms with van der Waals surface area (Å²) in [7, 11) is 0. The van der Waals surface area contributed by atoms with Crippen LogP contribution in [0.5, 0.6) is 0 Å². The highest BCUT2D eigenvalue weighted by Crippen LogP contribution is 2.29. The van der Waals surface area contributed by atoms with E-state index in [0.717, 1.165) is 16.7 Å². The van der Waals surface area contributed by atoms with Gasteiger partial charge in [-0.05, 0) is 28.7 Å². The monoisotopic (exact) mass is 394 g/mol. The number of aliphatic hydroxyl groups is 1. The van der Waals surface area contributed by atoms with E-state index < -0.39 is 0 Å². The molecule has 1 aromatic heterocycles. The van der Waals surface area contributed by atoms with Crippen LogP contribution in [-0.2, 0) is 6.54 Å². The Morgan fingerprint density at radius 3 is 2.36 bits per heavy atom. The fraction of sp³-hybridized carbons (Fsp3) is 0.217. The van der Waals surface area contributed by atoms with Gasteiger partial charge >= 0.3 is 0 Å². The number of benzene rings is 2. The number of carbonyl (C=O) groups is 1. The molecule has 0 radical (unpaired) electrons. The van der Waals surface area contributed by atoms with Crippen molar-refractivity contribution in [2.75, 3.05) is 13.2 Å². The van der Waals surface area contributed by atoms with Gasteiger partial charge in [0, 0.05) is 25.9 Å². The van der Waals surface area contributed by atoms with E-state index in [4.69, 9.17) is 11.6 Å². The molecule has 0 aliphatic carbocycles. The van der Waals surface area contributed by atoms with Gasteiger partial charge in [-0.25, -0.2) is 4.98 Å². The molecule has 0 spiro atoms. The molecule has 1 atom stereocenters.